The third kappa shape index (κ3) is 6.36. The van der Waals surface area contributed by atoms with E-state index in [1.54, 1.807) is 48.5 Å². The largest absolute Gasteiger partial charge is 0.368 e. The SMILES string of the molecule is CCC(CC)C(=O)Nc1cccc(C(=O)Nc2ccccc2C(=O)N2CCN(c3ccccc3)CC2)c1. The van der Waals surface area contributed by atoms with E-state index in [1.165, 1.54) is 0 Å². The Balaban J connectivity index is 1.42. The van der Waals surface area contributed by atoms with E-state index >= 15 is 0 Å². The van der Waals surface area contributed by atoms with Gasteiger partial charge in [0.1, 0.15) is 0 Å². The maximum atomic E-state index is 13.4. The van der Waals surface area contributed by atoms with Gasteiger partial charge in [-0.3, -0.25) is 14.4 Å². The molecule has 7 heteroatoms. The van der Waals surface area contributed by atoms with E-state index in [1.807, 2.05) is 36.9 Å². The quantitative estimate of drug-likeness (QED) is 0.443. The first kappa shape index (κ1) is 25.9. The van der Waals surface area contributed by atoms with E-state index in [0.717, 1.165) is 31.6 Å². The van der Waals surface area contributed by atoms with Crippen molar-refractivity contribution in [3.05, 3.63) is 90.0 Å². The number of hydrogen-bond acceptors (Lipinski definition) is 4. The van der Waals surface area contributed by atoms with Gasteiger partial charge in [-0.1, -0.05) is 50.2 Å². The molecule has 0 spiro atoms. The molecule has 1 aliphatic heterocycles. The normalized spacial score (nSPS) is 13.4. The first-order chi connectivity index (χ1) is 18.0. The molecule has 3 aromatic carbocycles. The molecule has 1 aliphatic rings. The van der Waals surface area contributed by atoms with Crippen LogP contribution in [0.1, 0.15) is 47.4 Å². The number of rotatable bonds is 8. The minimum atomic E-state index is -0.340. The molecule has 3 amide bonds. The lowest BCUT2D eigenvalue weighted by Gasteiger charge is -2.36. The second kappa shape index (κ2) is 12.2. The van der Waals surface area contributed by atoms with Gasteiger partial charge in [-0.2, -0.15) is 0 Å². The summed E-state index contributed by atoms with van der Waals surface area (Å²) in [6, 6.07) is 24.1. The zero-order valence-corrected chi connectivity index (χ0v) is 21.4. The van der Waals surface area contributed by atoms with Gasteiger partial charge in [-0.15, -0.1) is 0 Å². The molecule has 3 aromatic rings. The second-order valence-electron chi connectivity index (χ2n) is 9.20. The predicted molar refractivity (Wildman–Crippen MR) is 148 cm³/mol. The number of carbonyl (C=O) groups excluding carboxylic acids is 3. The Morgan fingerprint density at radius 3 is 2.16 bits per heavy atom. The highest BCUT2D eigenvalue weighted by molar-refractivity contribution is 6.09. The van der Waals surface area contributed by atoms with Crippen molar-refractivity contribution in [3.63, 3.8) is 0 Å². The van der Waals surface area contributed by atoms with Crippen molar-refractivity contribution < 1.29 is 14.4 Å². The van der Waals surface area contributed by atoms with Gasteiger partial charge in [-0.25, -0.2) is 0 Å². The predicted octanol–water partition coefficient (Wildman–Crippen LogP) is 5.28. The standard InChI is InChI=1S/C30H34N4O3/c1-3-22(4-2)28(35)31-24-12-10-11-23(21-24)29(36)32-27-16-9-8-15-26(27)30(37)34-19-17-33(18-20-34)25-13-6-5-7-14-25/h5-16,21-22H,3-4,17-20H2,1-2H3,(H,31,35)(H,32,36). The maximum absolute atomic E-state index is 13.4. The third-order valence-electron chi connectivity index (χ3n) is 6.84. The molecule has 192 valence electrons. The van der Waals surface area contributed by atoms with Gasteiger partial charge in [-0.05, 0) is 55.3 Å². The summed E-state index contributed by atoms with van der Waals surface area (Å²) in [6.07, 6.45) is 1.52. The van der Waals surface area contributed by atoms with Crippen LogP contribution < -0.4 is 15.5 Å². The van der Waals surface area contributed by atoms with Crippen molar-refractivity contribution in [1.82, 2.24) is 4.90 Å². The molecule has 0 radical (unpaired) electrons. The maximum Gasteiger partial charge on any atom is 0.256 e. The summed E-state index contributed by atoms with van der Waals surface area (Å²) in [7, 11) is 0. The Morgan fingerprint density at radius 1 is 0.784 bits per heavy atom. The number of hydrogen-bond donors (Lipinski definition) is 2. The van der Waals surface area contributed by atoms with E-state index in [9.17, 15) is 14.4 Å². The van der Waals surface area contributed by atoms with Crippen molar-refractivity contribution in [2.24, 2.45) is 5.92 Å². The van der Waals surface area contributed by atoms with Crippen LogP contribution in [0.5, 0.6) is 0 Å². The first-order valence-corrected chi connectivity index (χ1v) is 12.9. The van der Waals surface area contributed by atoms with E-state index in [0.29, 0.717) is 35.6 Å². The summed E-state index contributed by atoms with van der Waals surface area (Å²) in [4.78, 5) is 43.0. The average Bonchev–Trinajstić information content (AvgIpc) is 2.94. The zero-order chi connectivity index (χ0) is 26.2. The fraction of sp³-hybridized carbons (Fsp3) is 0.300. The van der Waals surface area contributed by atoms with Gasteiger partial charge in [0.25, 0.3) is 11.8 Å². The van der Waals surface area contributed by atoms with Crippen LogP contribution in [0, 0.1) is 5.92 Å². The van der Waals surface area contributed by atoms with Crippen LogP contribution in [-0.2, 0) is 4.79 Å². The minimum Gasteiger partial charge on any atom is -0.368 e. The Morgan fingerprint density at radius 2 is 1.46 bits per heavy atom. The van der Waals surface area contributed by atoms with Crippen molar-refractivity contribution in [3.8, 4) is 0 Å². The Hall–Kier alpha value is -4.13. The van der Waals surface area contributed by atoms with Crippen LogP contribution in [0.25, 0.3) is 0 Å². The van der Waals surface area contributed by atoms with Crippen molar-refractivity contribution in [2.75, 3.05) is 41.7 Å². The highest BCUT2D eigenvalue weighted by Crippen LogP contribution is 2.22. The van der Waals surface area contributed by atoms with Crippen LogP contribution >= 0.6 is 0 Å². The molecule has 0 aromatic heterocycles. The lowest BCUT2D eigenvalue weighted by molar-refractivity contribution is -0.120. The molecule has 0 bridgehead atoms. The summed E-state index contributed by atoms with van der Waals surface area (Å²) in [5.41, 5.74) is 3.06. The molecule has 0 unspecified atom stereocenters. The second-order valence-corrected chi connectivity index (χ2v) is 9.20. The number of benzene rings is 3. The Kier molecular flexibility index (Phi) is 8.56. The van der Waals surface area contributed by atoms with Gasteiger partial charge in [0.2, 0.25) is 5.91 Å². The molecular weight excluding hydrogens is 464 g/mol. The van der Waals surface area contributed by atoms with Crippen LogP contribution in [0.2, 0.25) is 0 Å². The summed E-state index contributed by atoms with van der Waals surface area (Å²) in [5, 5.41) is 5.80. The van der Waals surface area contributed by atoms with Crippen LogP contribution in [0.3, 0.4) is 0 Å². The third-order valence-corrected chi connectivity index (χ3v) is 6.84. The van der Waals surface area contributed by atoms with Crippen LogP contribution in [-0.4, -0.2) is 48.8 Å². The molecular formula is C30H34N4O3. The minimum absolute atomic E-state index is 0.0501. The monoisotopic (exact) mass is 498 g/mol. The van der Waals surface area contributed by atoms with E-state index in [2.05, 4.69) is 27.7 Å². The van der Waals surface area contributed by atoms with Gasteiger partial charge in [0, 0.05) is 49.0 Å². The molecule has 2 N–H and O–H groups in total. The number of anilines is 3. The topological polar surface area (TPSA) is 81.8 Å². The van der Waals surface area contributed by atoms with Gasteiger partial charge < -0.3 is 20.4 Å². The van der Waals surface area contributed by atoms with Crippen molar-refractivity contribution in [1.29, 1.82) is 0 Å². The van der Waals surface area contributed by atoms with Crippen molar-refractivity contribution >= 4 is 34.8 Å². The lowest BCUT2D eigenvalue weighted by Crippen LogP contribution is -2.48. The van der Waals surface area contributed by atoms with E-state index < -0.39 is 0 Å². The number of amides is 3. The number of carbonyl (C=O) groups is 3. The number of para-hydroxylation sites is 2. The first-order valence-electron chi connectivity index (χ1n) is 12.9. The molecule has 7 nitrogen and oxygen atoms in total. The number of nitrogens with one attached hydrogen (secondary N) is 2. The van der Waals surface area contributed by atoms with Gasteiger partial charge in [0.15, 0.2) is 0 Å². The molecule has 0 saturated carbocycles. The lowest BCUT2D eigenvalue weighted by atomic mass is 10.0. The van der Waals surface area contributed by atoms with E-state index in [4.69, 9.17) is 0 Å². The molecule has 1 saturated heterocycles. The molecule has 0 aliphatic carbocycles. The molecule has 4 rings (SSSR count). The Labute approximate surface area is 218 Å². The number of piperazine rings is 1. The summed E-state index contributed by atoms with van der Waals surface area (Å²) in [5.74, 6) is -0.557. The average molecular weight is 499 g/mol. The van der Waals surface area contributed by atoms with E-state index in [-0.39, 0.29) is 23.6 Å². The fourth-order valence-electron chi connectivity index (χ4n) is 4.59. The highest BCUT2D eigenvalue weighted by atomic mass is 16.2. The smallest absolute Gasteiger partial charge is 0.256 e. The Bertz CT molecular complexity index is 1230. The number of nitrogens with zero attached hydrogens (tertiary/aromatic N) is 2. The van der Waals surface area contributed by atoms with Crippen LogP contribution in [0.15, 0.2) is 78.9 Å². The molecule has 0 atom stereocenters. The zero-order valence-electron chi connectivity index (χ0n) is 21.4. The molecule has 1 fully saturated rings. The summed E-state index contributed by atoms with van der Waals surface area (Å²) in [6.45, 7) is 6.68. The van der Waals surface area contributed by atoms with Gasteiger partial charge in [0.05, 0.1) is 11.3 Å². The highest BCUT2D eigenvalue weighted by Gasteiger charge is 2.24. The van der Waals surface area contributed by atoms with Crippen LogP contribution in [0.4, 0.5) is 17.1 Å². The van der Waals surface area contributed by atoms with Crippen molar-refractivity contribution in [2.45, 2.75) is 26.7 Å². The molecule has 37 heavy (non-hydrogen) atoms. The summed E-state index contributed by atoms with van der Waals surface area (Å²) < 4.78 is 0. The molecule has 1 heterocycles. The fourth-order valence-corrected chi connectivity index (χ4v) is 4.59. The van der Waals surface area contributed by atoms with Gasteiger partial charge >= 0.3 is 0 Å². The summed E-state index contributed by atoms with van der Waals surface area (Å²) >= 11 is 0.